The highest BCUT2D eigenvalue weighted by Crippen LogP contribution is 2.19. The molecule has 0 N–H and O–H groups in total. The Kier molecular flexibility index (Phi) is 3.63. The highest BCUT2D eigenvalue weighted by molar-refractivity contribution is 6.35. The Hall–Kier alpha value is -2.14. The van der Waals surface area contributed by atoms with Crippen LogP contribution in [-0.4, -0.2) is 14.9 Å². The summed E-state index contributed by atoms with van der Waals surface area (Å²) in [6.45, 7) is 1.85. The number of benzene rings is 1. The number of halogens is 1. The molecule has 2 rings (SSSR count). The normalized spacial score (nSPS) is 10.6. The molecule has 0 amide bonds. The van der Waals surface area contributed by atoms with E-state index >= 15 is 0 Å². The fourth-order valence-electron chi connectivity index (χ4n) is 1.91. The highest BCUT2D eigenvalue weighted by atomic mass is 35.5. The lowest BCUT2D eigenvalue weighted by molar-refractivity contribution is 0.103. The van der Waals surface area contributed by atoms with Gasteiger partial charge in [-0.3, -0.25) is 14.2 Å². The van der Waals surface area contributed by atoms with Crippen molar-refractivity contribution in [1.82, 2.24) is 9.13 Å². The van der Waals surface area contributed by atoms with Crippen LogP contribution in [0.25, 0.3) is 0 Å². The first-order valence-electron chi connectivity index (χ1n) is 5.90. The fourth-order valence-corrected chi connectivity index (χ4v) is 2.23. The molecule has 2 aromatic rings. The summed E-state index contributed by atoms with van der Waals surface area (Å²) in [7, 11) is 2.81. The Labute approximate surface area is 120 Å². The van der Waals surface area contributed by atoms with Crippen molar-refractivity contribution in [3.05, 3.63) is 66.9 Å². The largest absolute Gasteiger partial charge is 0.330 e. The van der Waals surface area contributed by atoms with E-state index in [4.69, 9.17) is 11.6 Å². The third-order valence-corrected chi connectivity index (χ3v) is 3.37. The molecule has 0 fully saturated rings. The summed E-state index contributed by atoms with van der Waals surface area (Å²) in [4.78, 5) is 36.0. The molecule has 0 aliphatic carbocycles. The van der Waals surface area contributed by atoms with Gasteiger partial charge in [-0.25, -0.2) is 4.79 Å². The van der Waals surface area contributed by atoms with Crippen LogP contribution in [0.15, 0.2) is 34.0 Å². The molecule has 20 heavy (non-hydrogen) atoms. The second-order valence-electron chi connectivity index (χ2n) is 4.61. The first-order chi connectivity index (χ1) is 9.32. The second kappa shape index (κ2) is 5.09. The van der Waals surface area contributed by atoms with Crippen molar-refractivity contribution >= 4 is 17.4 Å². The van der Waals surface area contributed by atoms with Crippen molar-refractivity contribution in [2.75, 3.05) is 0 Å². The van der Waals surface area contributed by atoms with E-state index in [2.05, 4.69) is 0 Å². The number of carbonyl (C=O) groups is 1. The molecular formula is C14H13ClN2O3. The standard InChI is InChI=1S/C14H13ClN2O3/c1-8-4-5-9(11(15)6-8)12(18)10-7-16(2)14(20)17(3)13(10)19/h4-7H,1-3H3. The average Bonchev–Trinajstić information content (AvgIpc) is 2.40. The third kappa shape index (κ3) is 2.32. The fraction of sp³-hybridized carbons (Fsp3) is 0.214. The van der Waals surface area contributed by atoms with Crippen LogP contribution in [-0.2, 0) is 14.1 Å². The lowest BCUT2D eigenvalue weighted by Gasteiger charge is -2.07. The Bertz CT molecular complexity index is 818. The Morgan fingerprint density at radius 1 is 1.15 bits per heavy atom. The van der Waals surface area contributed by atoms with Crippen LogP contribution in [0.2, 0.25) is 5.02 Å². The summed E-state index contributed by atoms with van der Waals surface area (Å²) < 4.78 is 2.09. The van der Waals surface area contributed by atoms with E-state index in [1.165, 1.54) is 24.9 Å². The van der Waals surface area contributed by atoms with Gasteiger partial charge in [0.25, 0.3) is 5.56 Å². The summed E-state index contributed by atoms with van der Waals surface area (Å²) in [5.74, 6) is -0.494. The summed E-state index contributed by atoms with van der Waals surface area (Å²) in [6, 6.07) is 4.97. The summed E-state index contributed by atoms with van der Waals surface area (Å²) in [5.41, 5.74) is -0.0374. The van der Waals surface area contributed by atoms with Gasteiger partial charge in [0.2, 0.25) is 5.78 Å². The van der Waals surface area contributed by atoms with Crippen LogP contribution >= 0.6 is 11.6 Å². The van der Waals surface area contributed by atoms with Crippen LogP contribution < -0.4 is 11.2 Å². The van der Waals surface area contributed by atoms with Crippen molar-refractivity contribution in [1.29, 1.82) is 0 Å². The van der Waals surface area contributed by atoms with Crippen LogP contribution in [0.1, 0.15) is 21.5 Å². The maximum atomic E-state index is 12.4. The van der Waals surface area contributed by atoms with Gasteiger partial charge in [-0.05, 0) is 24.6 Å². The van der Waals surface area contributed by atoms with Gasteiger partial charge in [0.1, 0.15) is 5.56 Å². The predicted octanol–water partition coefficient (Wildman–Crippen LogP) is 1.28. The van der Waals surface area contributed by atoms with E-state index in [-0.39, 0.29) is 16.1 Å². The number of aromatic nitrogens is 2. The maximum Gasteiger partial charge on any atom is 0.330 e. The number of carbonyl (C=O) groups excluding carboxylic acids is 1. The molecule has 0 atom stereocenters. The molecule has 1 aromatic carbocycles. The van der Waals surface area contributed by atoms with Gasteiger partial charge in [-0.2, -0.15) is 0 Å². The monoisotopic (exact) mass is 292 g/mol. The minimum Gasteiger partial charge on any atom is -0.303 e. The molecule has 0 aliphatic rings. The van der Waals surface area contributed by atoms with Gasteiger partial charge >= 0.3 is 5.69 Å². The van der Waals surface area contributed by atoms with Crippen LogP contribution in [0.5, 0.6) is 0 Å². The van der Waals surface area contributed by atoms with Crippen molar-refractivity contribution in [3.63, 3.8) is 0 Å². The number of hydrogen-bond acceptors (Lipinski definition) is 3. The molecule has 5 nitrogen and oxygen atoms in total. The minimum absolute atomic E-state index is 0.0830. The van der Waals surface area contributed by atoms with Gasteiger partial charge in [0.15, 0.2) is 0 Å². The predicted molar refractivity (Wildman–Crippen MR) is 76.5 cm³/mol. The minimum atomic E-state index is -0.630. The molecule has 104 valence electrons. The van der Waals surface area contributed by atoms with E-state index in [1.54, 1.807) is 18.2 Å². The van der Waals surface area contributed by atoms with E-state index in [0.29, 0.717) is 0 Å². The van der Waals surface area contributed by atoms with Gasteiger partial charge in [-0.15, -0.1) is 0 Å². The molecule has 1 aromatic heterocycles. The van der Waals surface area contributed by atoms with E-state index in [0.717, 1.165) is 10.1 Å². The van der Waals surface area contributed by atoms with Crippen molar-refractivity contribution in [3.8, 4) is 0 Å². The third-order valence-electron chi connectivity index (χ3n) is 3.06. The Morgan fingerprint density at radius 2 is 1.80 bits per heavy atom. The molecule has 0 unspecified atom stereocenters. The van der Waals surface area contributed by atoms with Crippen molar-refractivity contribution in [2.24, 2.45) is 14.1 Å². The Balaban J connectivity index is 2.66. The molecule has 0 bridgehead atoms. The van der Waals surface area contributed by atoms with Gasteiger partial charge in [-0.1, -0.05) is 17.7 Å². The van der Waals surface area contributed by atoms with Crippen LogP contribution in [0.4, 0.5) is 0 Å². The Morgan fingerprint density at radius 3 is 2.40 bits per heavy atom. The van der Waals surface area contributed by atoms with Crippen molar-refractivity contribution in [2.45, 2.75) is 6.92 Å². The zero-order valence-corrected chi connectivity index (χ0v) is 12.1. The number of rotatable bonds is 2. The topological polar surface area (TPSA) is 61.1 Å². The van der Waals surface area contributed by atoms with Gasteiger partial charge in [0.05, 0.1) is 5.02 Å². The van der Waals surface area contributed by atoms with Crippen molar-refractivity contribution < 1.29 is 4.79 Å². The lowest BCUT2D eigenvalue weighted by atomic mass is 10.0. The van der Waals surface area contributed by atoms with E-state index < -0.39 is 17.0 Å². The van der Waals surface area contributed by atoms with E-state index in [1.807, 2.05) is 6.92 Å². The lowest BCUT2D eigenvalue weighted by Crippen LogP contribution is -2.39. The first-order valence-corrected chi connectivity index (χ1v) is 6.28. The number of aryl methyl sites for hydroxylation is 2. The molecular weight excluding hydrogens is 280 g/mol. The zero-order chi connectivity index (χ0) is 15.0. The van der Waals surface area contributed by atoms with Crippen LogP contribution in [0, 0.1) is 6.92 Å². The zero-order valence-electron chi connectivity index (χ0n) is 11.3. The molecule has 0 aliphatic heterocycles. The van der Waals surface area contributed by atoms with Crippen LogP contribution in [0.3, 0.4) is 0 Å². The SMILES string of the molecule is Cc1ccc(C(=O)c2cn(C)c(=O)n(C)c2=O)c(Cl)c1. The number of nitrogens with zero attached hydrogens (tertiary/aromatic N) is 2. The van der Waals surface area contributed by atoms with E-state index in [9.17, 15) is 14.4 Å². The molecule has 0 radical (unpaired) electrons. The molecule has 0 saturated heterocycles. The molecule has 1 heterocycles. The van der Waals surface area contributed by atoms with Gasteiger partial charge in [0, 0.05) is 25.9 Å². The molecule has 0 spiro atoms. The highest BCUT2D eigenvalue weighted by Gasteiger charge is 2.18. The average molecular weight is 293 g/mol. The molecule has 6 heteroatoms. The molecule has 0 saturated carbocycles. The maximum absolute atomic E-state index is 12.4. The summed E-state index contributed by atoms with van der Waals surface area (Å²) >= 11 is 6.04. The summed E-state index contributed by atoms with van der Waals surface area (Å²) in [5, 5.41) is 0.283. The quantitative estimate of drug-likeness (QED) is 0.783. The van der Waals surface area contributed by atoms with Gasteiger partial charge < -0.3 is 4.57 Å². The smallest absolute Gasteiger partial charge is 0.303 e. The first kappa shape index (κ1) is 14.3. The number of hydrogen-bond donors (Lipinski definition) is 0. The number of ketones is 1. The second-order valence-corrected chi connectivity index (χ2v) is 5.02. The summed E-state index contributed by atoms with van der Waals surface area (Å²) in [6.07, 6.45) is 1.24.